The summed E-state index contributed by atoms with van der Waals surface area (Å²) in [5, 5.41) is 16.0. The summed E-state index contributed by atoms with van der Waals surface area (Å²) in [5.74, 6) is 2.74. The van der Waals surface area contributed by atoms with Crippen LogP contribution in [0, 0.1) is 5.92 Å². The molecule has 0 unspecified atom stereocenters. The van der Waals surface area contributed by atoms with Gasteiger partial charge < -0.3 is 20.2 Å². The standard InChI is InChI=1S/C28H38N6O3S/c1-18(2)21-6-7-24(33-15-20(16-33)17-38(5,36)37)23-14-30-26(12-22(21)23)31-25-8-10-29-27(32-25)34-11-9-28(4,35)13-19(34)3/h6-8,10,12,14,18-20,35H,9,11,13,15-17H2,1-5H3,(H,29,30,31,32)/t19-,28-/m1/s1. The number of benzene rings is 1. The molecule has 204 valence electrons. The fraction of sp³-hybridized carbons (Fsp3) is 0.536. The molecule has 1 aromatic carbocycles. The zero-order chi connectivity index (χ0) is 27.2. The lowest BCUT2D eigenvalue weighted by Crippen LogP contribution is -2.49. The van der Waals surface area contributed by atoms with Crippen LogP contribution in [0.1, 0.15) is 52.0 Å². The van der Waals surface area contributed by atoms with E-state index in [2.05, 4.69) is 59.1 Å². The second kappa shape index (κ2) is 9.96. The van der Waals surface area contributed by atoms with Crippen molar-refractivity contribution in [1.82, 2.24) is 15.0 Å². The molecule has 2 saturated heterocycles. The highest BCUT2D eigenvalue weighted by atomic mass is 32.2. The number of hydrogen-bond acceptors (Lipinski definition) is 9. The monoisotopic (exact) mass is 538 g/mol. The van der Waals surface area contributed by atoms with E-state index in [1.807, 2.05) is 19.2 Å². The van der Waals surface area contributed by atoms with Crippen LogP contribution in [0.3, 0.4) is 0 Å². The van der Waals surface area contributed by atoms with Crippen molar-refractivity contribution in [2.24, 2.45) is 5.92 Å². The van der Waals surface area contributed by atoms with E-state index in [9.17, 15) is 13.5 Å². The lowest BCUT2D eigenvalue weighted by Gasteiger charge is -2.41. The number of pyridine rings is 1. The Bertz CT molecular complexity index is 1440. The Balaban J connectivity index is 1.39. The number of sulfone groups is 1. The van der Waals surface area contributed by atoms with Gasteiger partial charge in [0.2, 0.25) is 5.95 Å². The molecule has 2 aliphatic heterocycles. The topological polar surface area (TPSA) is 112 Å². The quantitative estimate of drug-likeness (QED) is 0.459. The zero-order valence-corrected chi connectivity index (χ0v) is 23.7. The van der Waals surface area contributed by atoms with Gasteiger partial charge in [0, 0.05) is 61.3 Å². The van der Waals surface area contributed by atoms with Crippen LogP contribution in [0.15, 0.2) is 36.7 Å². The first-order valence-electron chi connectivity index (χ1n) is 13.3. The van der Waals surface area contributed by atoms with E-state index in [1.54, 1.807) is 6.20 Å². The average Bonchev–Trinajstić information content (AvgIpc) is 2.79. The third kappa shape index (κ3) is 5.71. The summed E-state index contributed by atoms with van der Waals surface area (Å²) < 4.78 is 23.4. The van der Waals surface area contributed by atoms with E-state index in [-0.39, 0.29) is 17.7 Å². The molecule has 0 radical (unpaired) electrons. The molecule has 4 heterocycles. The molecule has 2 atom stereocenters. The van der Waals surface area contributed by atoms with Crippen molar-refractivity contribution in [3.8, 4) is 0 Å². The fourth-order valence-electron chi connectivity index (χ4n) is 5.81. The Kier molecular flexibility index (Phi) is 6.98. The number of hydrogen-bond donors (Lipinski definition) is 2. The summed E-state index contributed by atoms with van der Waals surface area (Å²) in [5.41, 5.74) is 1.67. The number of piperidine rings is 1. The van der Waals surface area contributed by atoms with Gasteiger partial charge in [-0.3, -0.25) is 0 Å². The van der Waals surface area contributed by atoms with Crippen LogP contribution in [0.4, 0.5) is 23.3 Å². The SMILES string of the molecule is CC(C)c1ccc(N2CC(CS(C)(=O)=O)C2)c2cnc(Nc3ccnc(N4CC[C@@](C)(O)C[C@H]4C)n3)cc12. The van der Waals surface area contributed by atoms with Crippen LogP contribution in [-0.4, -0.2) is 71.8 Å². The highest BCUT2D eigenvalue weighted by Crippen LogP contribution is 2.37. The van der Waals surface area contributed by atoms with Crippen molar-refractivity contribution in [1.29, 1.82) is 0 Å². The first kappa shape index (κ1) is 26.6. The van der Waals surface area contributed by atoms with E-state index >= 15 is 0 Å². The Morgan fingerprint density at radius 2 is 1.92 bits per heavy atom. The average molecular weight is 539 g/mol. The maximum atomic E-state index is 11.7. The van der Waals surface area contributed by atoms with E-state index < -0.39 is 15.4 Å². The minimum Gasteiger partial charge on any atom is -0.390 e. The van der Waals surface area contributed by atoms with Crippen molar-refractivity contribution in [3.63, 3.8) is 0 Å². The molecule has 5 rings (SSSR count). The van der Waals surface area contributed by atoms with Gasteiger partial charge in [-0.2, -0.15) is 4.98 Å². The predicted molar refractivity (Wildman–Crippen MR) is 153 cm³/mol. The van der Waals surface area contributed by atoms with Crippen molar-refractivity contribution in [3.05, 3.63) is 42.2 Å². The summed E-state index contributed by atoms with van der Waals surface area (Å²) in [6.45, 7) is 10.5. The molecule has 9 nitrogen and oxygen atoms in total. The molecule has 0 amide bonds. The van der Waals surface area contributed by atoms with Gasteiger partial charge in [0.1, 0.15) is 21.5 Å². The number of aliphatic hydroxyl groups is 1. The Morgan fingerprint density at radius 1 is 1.16 bits per heavy atom. The highest BCUT2D eigenvalue weighted by Gasteiger charge is 2.34. The molecule has 2 aromatic heterocycles. The van der Waals surface area contributed by atoms with Gasteiger partial charge in [0.25, 0.3) is 0 Å². The fourth-order valence-corrected chi connectivity index (χ4v) is 6.88. The number of nitrogens with zero attached hydrogens (tertiary/aromatic N) is 5. The molecule has 3 aromatic rings. The van der Waals surface area contributed by atoms with Gasteiger partial charge in [-0.05, 0) is 61.8 Å². The van der Waals surface area contributed by atoms with E-state index in [1.165, 1.54) is 11.8 Å². The summed E-state index contributed by atoms with van der Waals surface area (Å²) in [6, 6.07) is 8.35. The summed E-state index contributed by atoms with van der Waals surface area (Å²) in [4.78, 5) is 18.4. The predicted octanol–water partition coefficient (Wildman–Crippen LogP) is 4.11. The van der Waals surface area contributed by atoms with Crippen LogP contribution in [0.2, 0.25) is 0 Å². The van der Waals surface area contributed by atoms with E-state index in [4.69, 9.17) is 9.97 Å². The maximum Gasteiger partial charge on any atom is 0.227 e. The number of fused-ring (bicyclic) bond motifs is 1. The third-order valence-corrected chi connectivity index (χ3v) is 8.76. The smallest absolute Gasteiger partial charge is 0.227 e. The van der Waals surface area contributed by atoms with Gasteiger partial charge >= 0.3 is 0 Å². The third-order valence-electron chi connectivity index (χ3n) is 7.68. The summed E-state index contributed by atoms with van der Waals surface area (Å²) in [7, 11) is -2.98. The number of rotatable bonds is 7. The van der Waals surface area contributed by atoms with Gasteiger partial charge in [0.15, 0.2) is 0 Å². The maximum absolute atomic E-state index is 11.7. The number of nitrogens with one attached hydrogen (secondary N) is 1. The number of aromatic nitrogens is 3. The first-order valence-corrected chi connectivity index (χ1v) is 15.4. The van der Waals surface area contributed by atoms with Crippen molar-refractivity contribution in [2.45, 2.75) is 58.1 Å². The second-order valence-electron chi connectivity index (χ2n) is 11.7. The molecule has 0 spiro atoms. The van der Waals surface area contributed by atoms with Crippen LogP contribution in [0.25, 0.3) is 10.8 Å². The van der Waals surface area contributed by atoms with Crippen molar-refractivity contribution in [2.75, 3.05) is 46.8 Å². The Hall–Kier alpha value is -2.98. The molecule has 38 heavy (non-hydrogen) atoms. The van der Waals surface area contributed by atoms with Gasteiger partial charge in [-0.25, -0.2) is 18.4 Å². The molecule has 0 bridgehead atoms. The lowest BCUT2D eigenvalue weighted by atomic mass is 9.89. The van der Waals surface area contributed by atoms with E-state index in [0.717, 1.165) is 29.5 Å². The summed E-state index contributed by atoms with van der Waals surface area (Å²) >= 11 is 0. The molecular weight excluding hydrogens is 500 g/mol. The molecular formula is C28H38N6O3S. The van der Waals surface area contributed by atoms with Crippen molar-refractivity contribution >= 4 is 43.9 Å². The second-order valence-corrected chi connectivity index (χ2v) is 13.9. The highest BCUT2D eigenvalue weighted by molar-refractivity contribution is 7.90. The molecule has 0 saturated carbocycles. The van der Waals surface area contributed by atoms with Crippen LogP contribution in [-0.2, 0) is 9.84 Å². The minimum absolute atomic E-state index is 0.137. The van der Waals surface area contributed by atoms with E-state index in [0.29, 0.717) is 42.9 Å². The van der Waals surface area contributed by atoms with Gasteiger partial charge in [-0.1, -0.05) is 19.9 Å². The van der Waals surface area contributed by atoms with Crippen LogP contribution in [0.5, 0.6) is 0 Å². The molecule has 2 N–H and O–H groups in total. The molecule has 2 aliphatic rings. The lowest BCUT2D eigenvalue weighted by molar-refractivity contribution is 0.0238. The first-order chi connectivity index (χ1) is 17.9. The van der Waals surface area contributed by atoms with Crippen molar-refractivity contribution < 1.29 is 13.5 Å². The zero-order valence-electron chi connectivity index (χ0n) is 22.8. The molecule has 2 fully saturated rings. The largest absolute Gasteiger partial charge is 0.390 e. The van der Waals surface area contributed by atoms with Gasteiger partial charge in [-0.15, -0.1) is 0 Å². The Labute approximate surface area is 225 Å². The number of anilines is 4. The molecule has 0 aliphatic carbocycles. The minimum atomic E-state index is -2.98. The van der Waals surface area contributed by atoms with Crippen LogP contribution < -0.4 is 15.1 Å². The normalized spacial score (nSPS) is 22.7. The summed E-state index contributed by atoms with van der Waals surface area (Å²) in [6.07, 6.45) is 6.31. The Morgan fingerprint density at radius 3 is 2.61 bits per heavy atom. The van der Waals surface area contributed by atoms with Crippen LogP contribution >= 0.6 is 0 Å². The molecule has 10 heteroatoms. The van der Waals surface area contributed by atoms with Gasteiger partial charge in [0.05, 0.1) is 11.4 Å².